The largest absolute Gasteiger partial charge is 3.00 e. The normalized spacial score (nSPS) is 10.3. The van der Waals surface area contributed by atoms with Gasteiger partial charge < -0.3 is 7.43 Å². The summed E-state index contributed by atoms with van der Waals surface area (Å²) < 4.78 is 120. The molecule has 0 aliphatic rings. The predicted octanol–water partition coefficient (Wildman–Crippen LogP) is 11.3. The third-order valence-electron chi connectivity index (χ3n) is 6.98. The molecule has 14 heteroatoms. The molecule has 0 nitrogen and oxygen atoms in total. The van der Waals surface area contributed by atoms with Crippen LogP contribution in [-0.2, 0) is 44.8 Å². The zero-order valence-corrected chi connectivity index (χ0v) is 34.8. The SMILES string of the molecule is Fc1[c-]c(F)c(F)c(F)c1F.Fc1[c-]c(F)c(F)c(F)c1F.[Au+3].[Au].[CH2-][P+]([CH2-])(c1ccccc1)c1ccccc1.[CH2-][P+]([CH2-])(c1ccccc1)c1ccccc1.[CH3-]. The Morgan fingerprint density at radius 2 is 0.491 bits per heavy atom. The first-order valence-corrected chi connectivity index (χ1v) is 19.0. The zero-order valence-electron chi connectivity index (χ0n) is 28.7. The third kappa shape index (κ3) is 14.1. The minimum Gasteiger partial charge on any atom is -0.358 e. The molecule has 0 unspecified atom stereocenters. The second-order valence-corrected chi connectivity index (χ2v) is 16.6. The molecule has 0 aromatic heterocycles. The van der Waals surface area contributed by atoms with Crippen molar-refractivity contribution >= 4 is 35.7 Å². The Labute approximate surface area is 348 Å². The van der Waals surface area contributed by atoms with Crippen molar-refractivity contribution in [2.75, 3.05) is 0 Å². The fraction of sp³-hybridized carbons (Fsp3) is 0. The van der Waals surface area contributed by atoms with Crippen LogP contribution in [0.2, 0.25) is 0 Å². The Morgan fingerprint density at radius 1 is 0.327 bits per heavy atom. The van der Waals surface area contributed by atoms with Gasteiger partial charge in [-0.05, 0) is 48.5 Å². The van der Waals surface area contributed by atoms with E-state index in [4.69, 9.17) is 0 Å². The van der Waals surface area contributed by atoms with Gasteiger partial charge in [0.05, 0.1) is 58.2 Å². The van der Waals surface area contributed by atoms with Crippen LogP contribution in [0.25, 0.3) is 0 Å². The second kappa shape index (κ2) is 23.9. The van der Waals surface area contributed by atoms with Gasteiger partial charge in [0.2, 0.25) is 0 Å². The van der Waals surface area contributed by atoms with Crippen LogP contribution in [0.1, 0.15) is 0 Å². The molecule has 0 saturated heterocycles. The van der Waals surface area contributed by atoms with Crippen LogP contribution in [0.15, 0.2) is 121 Å². The molecular weight excluding hydrogens is 1140 g/mol. The molecule has 0 aliphatic heterocycles. The molecule has 1 radical (unpaired) electrons. The fourth-order valence-corrected chi connectivity index (χ4v) is 7.71. The molecule has 0 aliphatic carbocycles. The molecule has 0 amide bonds. The molecule has 0 heterocycles. The number of benzene rings is 6. The number of hydrogen-bond acceptors (Lipinski definition) is 0. The molecule has 0 N–H and O–H groups in total. The first-order valence-electron chi connectivity index (χ1n) is 14.7. The van der Waals surface area contributed by atoms with Gasteiger partial charge in [-0.25, -0.2) is 26.3 Å². The van der Waals surface area contributed by atoms with E-state index >= 15 is 0 Å². The van der Waals surface area contributed by atoms with E-state index in [1.54, 1.807) is 0 Å². The summed E-state index contributed by atoms with van der Waals surface area (Å²) >= 11 is 0. The maximum atomic E-state index is 12.0. The van der Waals surface area contributed by atoms with E-state index < -0.39 is 72.7 Å². The Balaban J connectivity index is 0.000000702. The molecule has 55 heavy (non-hydrogen) atoms. The zero-order chi connectivity index (χ0) is 38.6. The summed E-state index contributed by atoms with van der Waals surface area (Å²) in [4.78, 5) is 0. The minimum absolute atomic E-state index is 0. The summed E-state index contributed by atoms with van der Waals surface area (Å²) in [5.74, 6) is -20.1. The fourth-order valence-electron chi connectivity index (χ4n) is 4.14. The van der Waals surface area contributed by atoms with E-state index in [0.29, 0.717) is 0 Å². The summed E-state index contributed by atoms with van der Waals surface area (Å²) in [6.45, 7) is 17.2. The van der Waals surface area contributed by atoms with Crippen LogP contribution in [0.4, 0.5) is 43.9 Å². The van der Waals surface area contributed by atoms with Crippen LogP contribution < -0.4 is 21.2 Å². The monoisotopic (exact) mass is 1170 g/mol. The molecule has 6 aromatic rings. The molecule has 0 bridgehead atoms. The van der Waals surface area contributed by atoms with Gasteiger partial charge in [-0.3, -0.25) is 17.6 Å². The van der Waals surface area contributed by atoms with E-state index in [-0.39, 0.29) is 52.2 Å². The van der Waals surface area contributed by atoms with Crippen LogP contribution in [-0.4, -0.2) is 0 Å². The van der Waals surface area contributed by atoms with Crippen molar-refractivity contribution in [1.29, 1.82) is 0 Å². The van der Waals surface area contributed by atoms with E-state index in [2.05, 4.69) is 75.2 Å². The maximum absolute atomic E-state index is 12.0. The summed E-state index contributed by atoms with van der Waals surface area (Å²) in [6, 6.07) is 43.4. The summed E-state index contributed by atoms with van der Waals surface area (Å²) in [5, 5.41) is 4.99. The van der Waals surface area contributed by atoms with Crippen LogP contribution in [0.5, 0.6) is 0 Å². The smallest absolute Gasteiger partial charge is 0.358 e. The standard InChI is InChI=1S/2C14H14P.2C6F5.CH3.2Au/c2*1-15(2,13-9-5-3-6-10-13)14-11-7-4-8-12-14;2*7-2-1-3(8)5(10)6(11)4(2)9;;;/h2*3-12H,1-2H2;;;1H3;;/q5*-1;;+3. The molecule has 0 fully saturated rings. The van der Waals surface area contributed by atoms with Gasteiger partial charge in [-0.1, -0.05) is 72.8 Å². The molecular formula is C41H31Au2F10P2-2. The maximum Gasteiger partial charge on any atom is 3.00 e. The Bertz CT molecular complexity index is 1750. The van der Waals surface area contributed by atoms with Gasteiger partial charge in [0.15, 0.2) is 0 Å². The van der Waals surface area contributed by atoms with Crippen molar-refractivity contribution in [3.05, 3.63) is 226 Å². The van der Waals surface area contributed by atoms with Crippen LogP contribution >= 0.6 is 14.5 Å². The average molecular weight is 1170 g/mol. The van der Waals surface area contributed by atoms with Crippen LogP contribution in [0.3, 0.4) is 0 Å². The Morgan fingerprint density at radius 3 is 0.655 bits per heavy atom. The minimum atomic E-state index is -2.17. The van der Waals surface area contributed by atoms with Crippen molar-refractivity contribution in [3.8, 4) is 0 Å². The molecule has 299 valence electrons. The van der Waals surface area contributed by atoms with Crippen molar-refractivity contribution in [2.24, 2.45) is 0 Å². The first-order chi connectivity index (χ1) is 24.5. The molecule has 0 spiro atoms. The van der Waals surface area contributed by atoms with Gasteiger partial charge in [0, 0.05) is 43.6 Å². The molecule has 0 saturated carbocycles. The quantitative estimate of drug-likeness (QED) is 0.0412. The number of rotatable bonds is 4. The van der Waals surface area contributed by atoms with Crippen molar-refractivity contribution in [2.45, 2.75) is 0 Å². The average Bonchev–Trinajstić information content (AvgIpc) is 3.17. The van der Waals surface area contributed by atoms with E-state index in [0.717, 1.165) is 12.1 Å². The van der Waals surface area contributed by atoms with E-state index in [9.17, 15) is 43.9 Å². The molecule has 0 atom stereocenters. The number of halogens is 10. The van der Waals surface area contributed by atoms with Crippen molar-refractivity contribution in [1.82, 2.24) is 0 Å². The first kappa shape index (κ1) is 52.0. The van der Waals surface area contributed by atoms with Gasteiger partial charge in [0.1, 0.15) is 0 Å². The van der Waals surface area contributed by atoms with E-state index in [1.165, 1.54) is 21.2 Å². The van der Waals surface area contributed by atoms with Crippen LogP contribution in [0, 0.1) is 104 Å². The topological polar surface area (TPSA) is 0 Å². The van der Waals surface area contributed by atoms with E-state index in [1.807, 2.05) is 72.8 Å². The summed E-state index contributed by atoms with van der Waals surface area (Å²) in [7, 11) is -3.29. The molecule has 6 rings (SSSR count). The van der Waals surface area contributed by atoms with Gasteiger partial charge in [-0.15, -0.1) is 12.1 Å². The number of hydrogen-bond donors (Lipinski definition) is 0. The summed E-state index contributed by atoms with van der Waals surface area (Å²) in [5.41, 5.74) is 0. The van der Waals surface area contributed by atoms with Crippen molar-refractivity contribution in [3.63, 3.8) is 0 Å². The van der Waals surface area contributed by atoms with Gasteiger partial charge in [-0.2, -0.15) is 41.2 Å². The Hall–Kier alpha value is -3.04. The summed E-state index contributed by atoms with van der Waals surface area (Å²) in [6.07, 6.45) is 0. The van der Waals surface area contributed by atoms with Gasteiger partial charge >= 0.3 is 22.4 Å². The predicted molar refractivity (Wildman–Crippen MR) is 196 cm³/mol. The van der Waals surface area contributed by atoms with Gasteiger partial charge in [0.25, 0.3) is 0 Å². The molecule has 6 aromatic carbocycles. The third-order valence-corrected chi connectivity index (χ3v) is 12.1. The second-order valence-electron chi connectivity index (χ2n) is 10.7. The van der Waals surface area contributed by atoms with Crippen molar-refractivity contribution < 1.29 is 88.7 Å². The Kier molecular flexibility index (Phi) is 22.6.